The molecule has 2 rings (SSSR count). The topological polar surface area (TPSA) is 18.5 Å². The first-order valence-corrected chi connectivity index (χ1v) is 6.99. The Bertz CT molecular complexity index is 345. The van der Waals surface area contributed by atoms with E-state index in [4.69, 9.17) is 0 Å². The molecule has 0 amide bonds. The molecular formula is C15H27N3. The summed E-state index contributed by atoms with van der Waals surface area (Å²) in [5, 5.41) is 3.18. The first-order chi connectivity index (χ1) is 8.81. The standard InChI is InChI=1S/C15H25N3.H2/c1-3-17-8-10-18(11-9-17)13-15-6-4-14(5-7-15)12-16-2;/h4-7,16H,3,8-13H2,1-2H3;1H. The molecule has 0 aromatic heterocycles. The molecule has 0 atom stereocenters. The summed E-state index contributed by atoms with van der Waals surface area (Å²) in [6.45, 7) is 10.3. The van der Waals surface area contributed by atoms with Crippen molar-refractivity contribution in [3.63, 3.8) is 0 Å². The Morgan fingerprint density at radius 3 is 2.11 bits per heavy atom. The van der Waals surface area contributed by atoms with Gasteiger partial charge in [0, 0.05) is 40.7 Å². The SMILES string of the molecule is CCN1CCN(Cc2ccc(CNC)cc2)CC1.[HH]. The molecule has 102 valence electrons. The average Bonchev–Trinajstić information content (AvgIpc) is 2.42. The zero-order valence-corrected chi connectivity index (χ0v) is 11.7. The number of hydrogen-bond acceptors (Lipinski definition) is 3. The molecule has 0 radical (unpaired) electrons. The highest BCUT2D eigenvalue weighted by atomic mass is 15.3. The van der Waals surface area contributed by atoms with Crippen LogP contribution in [-0.2, 0) is 13.1 Å². The number of nitrogens with one attached hydrogen (secondary N) is 1. The van der Waals surface area contributed by atoms with E-state index in [-0.39, 0.29) is 1.43 Å². The second-order valence-electron chi connectivity index (χ2n) is 5.06. The Balaban J connectivity index is 0.00000180. The lowest BCUT2D eigenvalue weighted by Crippen LogP contribution is -2.45. The number of likely N-dealkylation sites (N-methyl/N-ethyl adjacent to an activating group) is 1. The van der Waals surface area contributed by atoms with E-state index in [0.717, 1.165) is 13.1 Å². The molecule has 0 saturated carbocycles. The molecule has 0 bridgehead atoms. The van der Waals surface area contributed by atoms with Crippen molar-refractivity contribution in [1.29, 1.82) is 0 Å². The smallest absolute Gasteiger partial charge is 0.0234 e. The second-order valence-corrected chi connectivity index (χ2v) is 5.06. The number of piperazine rings is 1. The van der Waals surface area contributed by atoms with Gasteiger partial charge in [-0.3, -0.25) is 4.90 Å². The third kappa shape index (κ3) is 3.80. The normalized spacial score (nSPS) is 18.1. The number of rotatable bonds is 5. The molecule has 18 heavy (non-hydrogen) atoms. The number of hydrogen-bond donors (Lipinski definition) is 1. The maximum Gasteiger partial charge on any atom is 0.0234 e. The van der Waals surface area contributed by atoms with Gasteiger partial charge in [-0.15, -0.1) is 0 Å². The quantitative estimate of drug-likeness (QED) is 0.858. The summed E-state index contributed by atoms with van der Waals surface area (Å²) >= 11 is 0. The molecule has 1 aromatic carbocycles. The van der Waals surface area contributed by atoms with Crippen molar-refractivity contribution in [3.8, 4) is 0 Å². The summed E-state index contributed by atoms with van der Waals surface area (Å²) < 4.78 is 0. The van der Waals surface area contributed by atoms with Gasteiger partial charge in [-0.1, -0.05) is 31.2 Å². The highest BCUT2D eigenvalue weighted by molar-refractivity contribution is 5.22. The first kappa shape index (κ1) is 13.5. The predicted octanol–water partition coefficient (Wildman–Crippen LogP) is 1.79. The Labute approximate surface area is 112 Å². The van der Waals surface area contributed by atoms with Crippen molar-refractivity contribution in [2.75, 3.05) is 39.8 Å². The predicted molar refractivity (Wildman–Crippen MR) is 78.7 cm³/mol. The fourth-order valence-electron chi connectivity index (χ4n) is 2.49. The molecule has 3 nitrogen and oxygen atoms in total. The van der Waals surface area contributed by atoms with Crippen LogP contribution in [0.5, 0.6) is 0 Å². The van der Waals surface area contributed by atoms with E-state index in [1.165, 1.54) is 43.9 Å². The zero-order valence-electron chi connectivity index (χ0n) is 11.7. The zero-order chi connectivity index (χ0) is 12.8. The van der Waals surface area contributed by atoms with Crippen LogP contribution >= 0.6 is 0 Å². The molecule has 1 aliphatic heterocycles. The monoisotopic (exact) mass is 249 g/mol. The molecule has 1 heterocycles. The number of nitrogens with zero attached hydrogens (tertiary/aromatic N) is 2. The third-order valence-electron chi connectivity index (χ3n) is 3.72. The fraction of sp³-hybridized carbons (Fsp3) is 0.600. The summed E-state index contributed by atoms with van der Waals surface area (Å²) in [4.78, 5) is 5.08. The Morgan fingerprint density at radius 2 is 1.56 bits per heavy atom. The van der Waals surface area contributed by atoms with Gasteiger partial charge in [-0.05, 0) is 24.7 Å². The van der Waals surface area contributed by atoms with Gasteiger partial charge in [0.1, 0.15) is 0 Å². The van der Waals surface area contributed by atoms with Crippen LogP contribution < -0.4 is 5.32 Å². The minimum Gasteiger partial charge on any atom is -0.316 e. The van der Waals surface area contributed by atoms with Crippen LogP contribution in [0.3, 0.4) is 0 Å². The van der Waals surface area contributed by atoms with Crippen molar-refractivity contribution < 1.29 is 1.43 Å². The van der Waals surface area contributed by atoms with Crippen molar-refractivity contribution in [2.24, 2.45) is 0 Å². The van der Waals surface area contributed by atoms with Crippen LogP contribution in [0.4, 0.5) is 0 Å². The van der Waals surface area contributed by atoms with Crippen molar-refractivity contribution in [2.45, 2.75) is 20.0 Å². The lowest BCUT2D eigenvalue weighted by Gasteiger charge is -2.34. The van der Waals surface area contributed by atoms with Crippen molar-refractivity contribution in [1.82, 2.24) is 15.1 Å². The summed E-state index contributed by atoms with van der Waals surface area (Å²) in [5.41, 5.74) is 2.79. The second kappa shape index (κ2) is 6.88. The molecule has 1 saturated heterocycles. The summed E-state index contributed by atoms with van der Waals surface area (Å²) in [7, 11) is 1.99. The largest absolute Gasteiger partial charge is 0.316 e. The van der Waals surface area contributed by atoms with Gasteiger partial charge in [0.25, 0.3) is 0 Å². The van der Waals surface area contributed by atoms with Gasteiger partial charge in [-0.2, -0.15) is 0 Å². The molecule has 3 heteroatoms. The summed E-state index contributed by atoms with van der Waals surface area (Å²) in [5.74, 6) is 0. The molecule has 1 aromatic rings. The van der Waals surface area contributed by atoms with E-state index in [9.17, 15) is 0 Å². The molecule has 0 aliphatic carbocycles. The fourth-order valence-corrected chi connectivity index (χ4v) is 2.49. The van der Waals surface area contributed by atoms with E-state index >= 15 is 0 Å². The number of benzene rings is 1. The van der Waals surface area contributed by atoms with Crippen LogP contribution in [0, 0.1) is 0 Å². The molecule has 0 spiro atoms. The van der Waals surface area contributed by atoms with Crippen LogP contribution in [0.2, 0.25) is 0 Å². The van der Waals surface area contributed by atoms with Crippen LogP contribution in [-0.4, -0.2) is 49.6 Å². The molecule has 1 N–H and O–H groups in total. The molecular weight excluding hydrogens is 222 g/mol. The highest BCUT2D eigenvalue weighted by Crippen LogP contribution is 2.10. The highest BCUT2D eigenvalue weighted by Gasteiger charge is 2.15. The van der Waals surface area contributed by atoms with Gasteiger partial charge in [0.05, 0.1) is 0 Å². The van der Waals surface area contributed by atoms with E-state index < -0.39 is 0 Å². The van der Waals surface area contributed by atoms with Gasteiger partial charge in [-0.25, -0.2) is 0 Å². The van der Waals surface area contributed by atoms with E-state index in [1.807, 2.05) is 7.05 Å². The van der Waals surface area contributed by atoms with E-state index in [0.29, 0.717) is 0 Å². The average molecular weight is 249 g/mol. The van der Waals surface area contributed by atoms with Gasteiger partial charge < -0.3 is 10.2 Å². The van der Waals surface area contributed by atoms with E-state index in [2.05, 4.69) is 46.3 Å². The molecule has 0 unspecified atom stereocenters. The van der Waals surface area contributed by atoms with E-state index in [1.54, 1.807) is 0 Å². The van der Waals surface area contributed by atoms with Crippen LogP contribution in [0.1, 0.15) is 19.5 Å². The maximum atomic E-state index is 3.18. The van der Waals surface area contributed by atoms with Crippen LogP contribution in [0.15, 0.2) is 24.3 Å². The minimum atomic E-state index is 0. The Hall–Kier alpha value is -0.900. The van der Waals surface area contributed by atoms with Crippen LogP contribution in [0.25, 0.3) is 0 Å². The first-order valence-electron chi connectivity index (χ1n) is 6.99. The van der Waals surface area contributed by atoms with Gasteiger partial charge >= 0.3 is 0 Å². The Morgan fingerprint density at radius 1 is 1.00 bits per heavy atom. The molecule has 1 aliphatic rings. The van der Waals surface area contributed by atoms with Gasteiger partial charge in [0.2, 0.25) is 0 Å². The molecule has 1 fully saturated rings. The minimum absolute atomic E-state index is 0. The summed E-state index contributed by atoms with van der Waals surface area (Å²) in [6, 6.07) is 8.99. The summed E-state index contributed by atoms with van der Waals surface area (Å²) in [6.07, 6.45) is 0. The maximum absolute atomic E-state index is 3.18. The van der Waals surface area contributed by atoms with Gasteiger partial charge in [0.15, 0.2) is 0 Å². The lowest BCUT2D eigenvalue weighted by atomic mass is 10.1. The third-order valence-corrected chi connectivity index (χ3v) is 3.72. The lowest BCUT2D eigenvalue weighted by molar-refractivity contribution is 0.132. The van der Waals surface area contributed by atoms with Crippen molar-refractivity contribution in [3.05, 3.63) is 35.4 Å². The van der Waals surface area contributed by atoms with Crippen molar-refractivity contribution >= 4 is 0 Å². The Kier molecular flexibility index (Phi) is 5.17.